The van der Waals surface area contributed by atoms with Gasteiger partial charge >= 0.3 is 0 Å². The molecule has 0 amide bonds. The lowest BCUT2D eigenvalue weighted by molar-refractivity contribution is 0.0998. The number of Topliss-reactive ketones (excluding diaryl/α,β-unsaturated/α-hetero) is 1. The standard InChI is InChI=1S/C26H24O6/c1-28-21-11-9-18(14-23(21)29-2)13-19-16-32-25-20(24(19)27)10-12-22(26(25)30-3)31-15-17-7-5-4-6-8-17/h4-14H,15-16H2,1-3H3/b19-13-. The van der Waals surface area contributed by atoms with Crippen LogP contribution in [-0.4, -0.2) is 33.7 Å². The first kappa shape index (κ1) is 21.3. The molecule has 1 aliphatic heterocycles. The number of hydrogen-bond donors (Lipinski definition) is 0. The lowest BCUT2D eigenvalue weighted by Crippen LogP contribution is -2.20. The summed E-state index contributed by atoms with van der Waals surface area (Å²) in [6, 6.07) is 18.7. The number of benzene rings is 3. The molecule has 0 aliphatic carbocycles. The van der Waals surface area contributed by atoms with Crippen LogP contribution in [0.5, 0.6) is 28.7 Å². The Morgan fingerprint density at radius 3 is 2.34 bits per heavy atom. The summed E-state index contributed by atoms with van der Waals surface area (Å²) in [5.74, 6) is 2.43. The second-order valence-electron chi connectivity index (χ2n) is 7.15. The predicted octanol–water partition coefficient (Wildman–Crippen LogP) is 4.95. The fraction of sp³-hybridized carbons (Fsp3) is 0.192. The Morgan fingerprint density at radius 1 is 0.875 bits per heavy atom. The molecule has 0 saturated carbocycles. The number of fused-ring (bicyclic) bond motifs is 1. The molecule has 0 fully saturated rings. The zero-order chi connectivity index (χ0) is 22.5. The lowest BCUT2D eigenvalue weighted by atomic mass is 9.97. The highest BCUT2D eigenvalue weighted by Crippen LogP contribution is 2.43. The number of ketones is 1. The lowest BCUT2D eigenvalue weighted by Gasteiger charge is -2.23. The van der Waals surface area contributed by atoms with E-state index in [2.05, 4.69) is 0 Å². The van der Waals surface area contributed by atoms with Gasteiger partial charge in [-0.1, -0.05) is 36.4 Å². The van der Waals surface area contributed by atoms with Crippen molar-refractivity contribution in [2.45, 2.75) is 6.61 Å². The molecule has 164 valence electrons. The van der Waals surface area contributed by atoms with E-state index in [9.17, 15) is 4.79 Å². The molecule has 1 heterocycles. The average molecular weight is 432 g/mol. The number of hydrogen-bond acceptors (Lipinski definition) is 6. The second-order valence-corrected chi connectivity index (χ2v) is 7.15. The van der Waals surface area contributed by atoms with Gasteiger partial charge < -0.3 is 23.7 Å². The first-order valence-corrected chi connectivity index (χ1v) is 10.1. The molecule has 1 aliphatic rings. The summed E-state index contributed by atoms with van der Waals surface area (Å²) >= 11 is 0. The third-order valence-corrected chi connectivity index (χ3v) is 5.17. The molecule has 3 aromatic carbocycles. The first-order chi connectivity index (χ1) is 15.6. The van der Waals surface area contributed by atoms with Crippen molar-refractivity contribution in [3.8, 4) is 28.7 Å². The summed E-state index contributed by atoms with van der Waals surface area (Å²) in [6.45, 7) is 0.507. The fourth-order valence-corrected chi connectivity index (χ4v) is 3.55. The summed E-state index contributed by atoms with van der Waals surface area (Å²) in [4.78, 5) is 13.2. The summed E-state index contributed by atoms with van der Waals surface area (Å²) in [7, 11) is 4.69. The van der Waals surface area contributed by atoms with Crippen molar-refractivity contribution in [1.82, 2.24) is 0 Å². The first-order valence-electron chi connectivity index (χ1n) is 10.1. The van der Waals surface area contributed by atoms with Crippen LogP contribution in [-0.2, 0) is 6.61 Å². The van der Waals surface area contributed by atoms with Gasteiger partial charge in [0.1, 0.15) is 13.2 Å². The summed E-state index contributed by atoms with van der Waals surface area (Å²) in [5.41, 5.74) is 2.81. The smallest absolute Gasteiger partial charge is 0.204 e. The van der Waals surface area contributed by atoms with E-state index in [1.165, 1.54) is 7.11 Å². The van der Waals surface area contributed by atoms with Crippen molar-refractivity contribution in [2.75, 3.05) is 27.9 Å². The Bertz CT molecular complexity index is 1150. The topological polar surface area (TPSA) is 63.2 Å². The normalized spacial score (nSPS) is 13.8. The van der Waals surface area contributed by atoms with E-state index in [0.717, 1.165) is 11.1 Å². The SMILES string of the molecule is COc1ccc(/C=C2/COc3c(ccc(OCc4ccccc4)c3OC)C2=O)cc1OC. The van der Waals surface area contributed by atoms with Crippen LogP contribution in [0.2, 0.25) is 0 Å². The number of methoxy groups -OCH3 is 3. The minimum absolute atomic E-state index is 0.117. The van der Waals surface area contributed by atoms with E-state index >= 15 is 0 Å². The second kappa shape index (κ2) is 9.47. The van der Waals surface area contributed by atoms with E-state index in [4.69, 9.17) is 23.7 Å². The van der Waals surface area contributed by atoms with Gasteiger partial charge in [0, 0.05) is 5.57 Å². The van der Waals surface area contributed by atoms with Crippen molar-refractivity contribution < 1.29 is 28.5 Å². The number of carbonyl (C=O) groups excluding carboxylic acids is 1. The minimum atomic E-state index is -0.117. The van der Waals surface area contributed by atoms with Gasteiger partial charge in [-0.25, -0.2) is 0 Å². The summed E-state index contributed by atoms with van der Waals surface area (Å²) in [6.07, 6.45) is 1.79. The van der Waals surface area contributed by atoms with E-state index in [1.54, 1.807) is 38.5 Å². The maximum atomic E-state index is 13.2. The van der Waals surface area contributed by atoms with Gasteiger partial charge in [0.25, 0.3) is 0 Å². The average Bonchev–Trinajstić information content (AvgIpc) is 2.84. The van der Waals surface area contributed by atoms with E-state index < -0.39 is 0 Å². The zero-order valence-electron chi connectivity index (χ0n) is 18.2. The third-order valence-electron chi connectivity index (χ3n) is 5.17. The van der Waals surface area contributed by atoms with Crippen LogP contribution >= 0.6 is 0 Å². The van der Waals surface area contributed by atoms with Crippen LogP contribution in [0.15, 0.2) is 66.2 Å². The van der Waals surface area contributed by atoms with Crippen molar-refractivity contribution >= 4 is 11.9 Å². The van der Waals surface area contributed by atoms with Crippen LogP contribution < -0.4 is 23.7 Å². The van der Waals surface area contributed by atoms with Gasteiger partial charge in [-0.15, -0.1) is 0 Å². The molecular weight excluding hydrogens is 408 g/mol. The van der Waals surface area contributed by atoms with Crippen molar-refractivity contribution in [3.05, 3.63) is 82.9 Å². The fourth-order valence-electron chi connectivity index (χ4n) is 3.55. The van der Waals surface area contributed by atoms with Crippen molar-refractivity contribution in [3.63, 3.8) is 0 Å². The van der Waals surface area contributed by atoms with Crippen LogP contribution in [0, 0.1) is 0 Å². The zero-order valence-corrected chi connectivity index (χ0v) is 18.2. The number of carbonyl (C=O) groups is 1. The molecule has 3 aromatic rings. The largest absolute Gasteiger partial charge is 0.493 e. The number of rotatable bonds is 7. The Labute approximate surface area is 186 Å². The van der Waals surface area contributed by atoms with Gasteiger partial charge in [-0.2, -0.15) is 0 Å². The van der Waals surface area contributed by atoms with Gasteiger partial charge in [0.15, 0.2) is 28.8 Å². The molecule has 0 spiro atoms. The van der Waals surface area contributed by atoms with Crippen molar-refractivity contribution in [1.29, 1.82) is 0 Å². The molecule has 6 nitrogen and oxygen atoms in total. The summed E-state index contributed by atoms with van der Waals surface area (Å²) < 4.78 is 28.0. The van der Waals surface area contributed by atoms with E-state index in [-0.39, 0.29) is 12.4 Å². The van der Waals surface area contributed by atoms with Crippen LogP contribution in [0.4, 0.5) is 0 Å². The highest BCUT2D eigenvalue weighted by molar-refractivity contribution is 6.14. The summed E-state index contributed by atoms with van der Waals surface area (Å²) in [5, 5.41) is 0. The van der Waals surface area contributed by atoms with Crippen LogP contribution in [0.3, 0.4) is 0 Å². The molecule has 0 N–H and O–H groups in total. The van der Waals surface area contributed by atoms with Gasteiger partial charge in [-0.3, -0.25) is 4.79 Å². The highest BCUT2D eigenvalue weighted by atomic mass is 16.5. The Balaban J connectivity index is 1.60. The molecular formula is C26H24O6. The Hall–Kier alpha value is -3.93. The molecule has 6 heteroatoms. The molecule has 0 aromatic heterocycles. The van der Waals surface area contributed by atoms with Crippen LogP contribution in [0.1, 0.15) is 21.5 Å². The minimum Gasteiger partial charge on any atom is -0.493 e. The Morgan fingerprint density at radius 2 is 1.62 bits per heavy atom. The number of ether oxygens (including phenoxy) is 5. The predicted molar refractivity (Wildman–Crippen MR) is 121 cm³/mol. The van der Waals surface area contributed by atoms with Gasteiger partial charge in [0.2, 0.25) is 5.75 Å². The van der Waals surface area contributed by atoms with Crippen LogP contribution in [0.25, 0.3) is 6.08 Å². The van der Waals surface area contributed by atoms with Gasteiger partial charge in [0.05, 0.1) is 26.9 Å². The van der Waals surface area contributed by atoms with Crippen molar-refractivity contribution in [2.24, 2.45) is 0 Å². The molecule has 4 rings (SSSR count). The van der Waals surface area contributed by atoms with Gasteiger partial charge in [-0.05, 0) is 41.5 Å². The molecule has 0 radical (unpaired) electrons. The quantitative estimate of drug-likeness (QED) is 0.492. The molecule has 32 heavy (non-hydrogen) atoms. The maximum Gasteiger partial charge on any atom is 0.204 e. The highest BCUT2D eigenvalue weighted by Gasteiger charge is 2.28. The third kappa shape index (κ3) is 4.25. The molecule has 0 atom stereocenters. The van der Waals surface area contributed by atoms with E-state index in [1.807, 2.05) is 42.5 Å². The molecule has 0 saturated heterocycles. The van der Waals surface area contributed by atoms with E-state index in [0.29, 0.717) is 46.5 Å². The molecule has 0 bridgehead atoms. The monoisotopic (exact) mass is 432 g/mol. The Kier molecular flexibility index (Phi) is 6.31. The molecule has 0 unspecified atom stereocenters. The maximum absolute atomic E-state index is 13.2.